The first-order chi connectivity index (χ1) is 20.0. The maximum absolute atomic E-state index is 13.1. The number of aliphatic hydroxyl groups is 1. The number of hydrogen-bond donors (Lipinski definition) is 2. The lowest BCUT2D eigenvalue weighted by Crippen LogP contribution is -2.19. The molecule has 2 aromatic heterocycles. The van der Waals surface area contributed by atoms with Crippen LogP contribution in [0.4, 0.5) is 13.2 Å². The molecule has 3 aromatic carbocycles. The van der Waals surface area contributed by atoms with Gasteiger partial charge < -0.3 is 19.2 Å². The van der Waals surface area contributed by atoms with Crippen molar-refractivity contribution in [3.63, 3.8) is 0 Å². The summed E-state index contributed by atoms with van der Waals surface area (Å²) in [6.07, 6.45) is -4.62. The predicted molar refractivity (Wildman–Crippen MR) is 143 cm³/mol. The van der Waals surface area contributed by atoms with E-state index in [1.807, 2.05) is 48.5 Å². The van der Waals surface area contributed by atoms with Gasteiger partial charge in [-0.3, -0.25) is 4.79 Å². The molecule has 1 fully saturated rings. The Hall–Kier alpha value is -4.77. The summed E-state index contributed by atoms with van der Waals surface area (Å²) in [7, 11) is 0. The van der Waals surface area contributed by atoms with Gasteiger partial charge in [0.25, 0.3) is 0 Å². The number of aliphatic hydroxyl groups excluding tert-OH is 1. The van der Waals surface area contributed by atoms with Crippen molar-refractivity contribution in [3.8, 4) is 22.5 Å². The average molecular weight is 576 g/mol. The van der Waals surface area contributed by atoms with Crippen LogP contribution in [0.25, 0.3) is 22.5 Å². The van der Waals surface area contributed by atoms with Crippen molar-refractivity contribution in [2.24, 2.45) is 0 Å². The molecule has 2 heterocycles. The van der Waals surface area contributed by atoms with Crippen molar-refractivity contribution in [1.29, 1.82) is 0 Å². The fourth-order valence-corrected chi connectivity index (χ4v) is 5.06. The van der Waals surface area contributed by atoms with E-state index in [4.69, 9.17) is 8.94 Å². The summed E-state index contributed by atoms with van der Waals surface area (Å²) in [6, 6.07) is 19.7. The number of nitrogens with zero attached hydrogens (tertiary/aromatic N) is 3. The number of aliphatic carboxylic acids is 1. The Morgan fingerprint density at radius 2 is 1.62 bits per heavy atom. The Morgan fingerprint density at radius 1 is 0.976 bits per heavy atom. The van der Waals surface area contributed by atoms with Crippen molar-refractivity contribution in [1.82, 2.24) is 15.4 Å². The van der Waals surface area contributed by atoms with Gasteiger partial charge in [0.05, 0.1) is 28.7 Å². The molecule has 5 aromatic rings. The number of rotatable bonds is 8. The highest BCUT2D eigenvalue weighted by Crippen LogP contribution is 2.48. The molecule has 2 N–H and O–H groups in total. The number of alkyl halides is 3. The molecule has 11 heteroatoms. The molecule has 0 radical (unpaired) electrons. The summed E-state index contributed by atoms with van der Waals surface area (Å²) >= 11 is 0. The molecule has 1 saturated carbocycles. The number of benzene rings is 3. The first-order valence-electron chi connectivity index (χ1n) is 13.1. The van der Waals surface area contributed by atoms with Crippen LogP contribution in [0, 0.1) is 6.92 Å². The second kappa shape index (κ2) is 10.3. The van der Waals surface area contributed by atoms with Crippen molar-refractivity contribution in [3.05, 3.63) is 113 Å². The minimum absolute atomic E-state index is 0.0428. The van der Waals surface area contributed by atoms with E-state index in [2.05, 4.69) is 15.4 Å². The van der Waals surface area contributed by atoms with Gasteiger partial charge in [0.15, 0.2) is 11.9 Å². The summed E-state index contributed by atoms with van der Waals surface area (Å²) < 4.78 is 50.3. The van der Waals surface area contributed by atoms with Gasteiger partial charge in [-0.25, -0.2) is 0 Å². The molecular weight excluding hydrogens is 551 g/mol. The lowest BCUT2D eigenvalue weighted by molar-refractivity contribution is -0.140. The van der Waals surface area contributed by atoms with Crippen LogP contribution < -0.4 is 0 Å². The molecule has 0 saturated heterocycles. The predicted octanol–water partition coefficient (Wildman–Crippen LogP) is 6.51. The van der Waals surface area contributed by atoms with Crippen LogP contribution in [-0.2, 0) is 22.8 Å². The van der Waals surface area contributed by atoms with E-state index in [-0.39, 0.29) is 18.2 Å². The van der Waals surface area contributed by atoms with Crippen LogP contribution in [0.3, 0.4) is 0 Å². The van der Waals surface area contributed by atoms with Gasteiger partial charge in [-0.15, -0.1) is 10.2 Å². The second-order valence-corrected chi connectivity index (χ2v) is 10.4. The first-order valence-corrected chi connectivity index (χ1v) is 13.1. The van der Waals surface area contributed by atoms with Crippen LogP contribution >= 0.6 is 0 Å². The molecule has 6 rings (SSSR count). The maximum Gasteiger partial charge on any atom is 0.416 e. The monoisotopic (exact) mass is 575 g/mol. The summed E-state index contributed by atoms with van der Waals surface area (Å²) in [4.78, 5) is 11.6. The van der Waals surface area contributed by atoms with Crippen LogP contribution in [0.2, 0.25) is 0 Å². The minimum Gasteiger partial charge on any atom is -0.481 e. The Labute approximate surface area is 237 Å². The third-order valence-electron chi connectivity index (χ3n) is 7.59. The topological polar surface area (TPSA) is 122 Å². The Bertz CT molecular complexity index is 1750. The number of carboxylic acids is 1. The Morgan fingerprint density at radius 3 is 2.24 bits per heavy atom. The van der Waals surface area contributed by atoms with Crippen molar-refractivity contribution in [2.75, 3.05) is 0 Å². The largest absolute Gasteiger partial charge is 0.481 e. The lowest BCUT2D eigenvalue weighted by atomic mass is 9.93. The number of halogens is 3. The zero-order valence-electron chi connectivity index (χ0n) is 22.2. The third-order valence-corrected chi connectivity index (χ3v) is 7.59. The van der Waals surface area contributed by atoms with Crippen LogP contribution in [0.5, 0.6) is 0 Å². The third kappa shape index (κ3) is 5.07. The Kier molecular flexibility index (Phi) is 6.69. The summed E-state index contributed by atoms with van der Waals surface area (Å²) in [5.41, 5.74) is 2.77. The molecule has 0 aliphatic heterocycles. The van der Waals surface area contributed by atoms with Crippen molar-refractivity contribution >= 4 is 5.97 Å². The van der Waals surface area contributed by atoms with Gasteiger partial charge in [-0.1, -0.05) is 71.9 Å². The van der Waals surface area contributed by atoms with Crippen LogP contribution in [0.1, 0.15) is 58.7 Å². The molecule has 214 valence electrons. The van der Waals surface area contributed by atoms with Crippen LogP contribution in [-0.4, -0.2) is 31.5 Å². The van der Waals surface area contributed by atoms with Gasteiger partial charge in [0.2, 0.25) is 11.8 Å². The van der Waals surface area contributed by atoms with E-state index in [9.17, 15) is 28.2 Å². The molecule has 0 bridgehead atoms. The number of hydrogen-bond acceptors (Lipinski definition) is 7. The fraction of sp³-hybridized carbons (Fsp3) is 0.226. The van der Waals surface area contributed by atoms with E-state index < -0.39 is 29.2 Å². The first kappa shape index (κ1) is 27.4. The molecule has 0 spiro atoms. The summed E-state index contributed by atoms with van der Waals surface area (Å²) in [5, 5.41) is 32.5. The zero-order valence-corrected chi connectivity index (χ0v) is 22.2. The standard InChI is InChI=1S/C31H24F3N3O5/c1-17-25(26(38)28-36-35-24(41-28)16-18-3-2-4-23(15-18)31(32,33)34)27(42-37-17)21-7-5-19(6-8-21)20-9-11-22(12-10-20)30(13-14-30)29(39)40/h2-12,15,26,38H,13-14,16H2,1H3,(H,39,40). The zero-order chi connectivity index (χ0) is 29.6. The van der Waals surface area contributed by atoms with Crippen LogP contribution in [0.15, 0.2) is 81.7 Å². The van der Waals surface area contributed by atoms with Gasteiger partial charge >= 0.3 is 12.1 Å². The average Bonchev–Trinajstić information content (AvgIpc) is 3.52. The minimum atomic E-state index is -4.47. The highest BCUT2D eigenvalue weighted by molar-refractivity contribution is 5.85. The number of aromatic nitrogens is 3. The lowest BCUT2D eigenvalue weighted by Gasteiger charge is -2.11. The van der Waals surface area contributed by atoms with Gasteiger partial charge in [-0.2, -0.15) is 13.2 Å². The molecular formula is C31H24F3N3O5. The van der Waals surface area contributed by atoms with E-state index >= 15 is 0 Å². The van der Waals surface area contributed by atoms with E-state index in [0.717, 1.165) is 28.8 Å². The normalized spacial score (nSPS) is 15.0. The van der Waals surface area contributed by atoms with E-state index in [1.165, 1.54) is 12.1 Å². The smallest absolute Gasteiger partial charge is 0.416 e. The second-order valence-electron chi connectivity index (χ2n) is 10.4. The van der Waals surface area contributed by atoms with Gasteiger partial charge in [0, 0.05) is 5.56 Å². The SMILES string of the molecule is Cc1noc(-c2ccc(-c3ccc(C4(C(=O)O)CC4)cc3)cc2)c1C(O)c1nnc(Cc2cccc(C(F)(F)F)c2)o1. The fourth-order valence-electron chi connectivity index (χ4n) is 5.06. The number of carbonyl (C=O) groups is 1. The van der Waals surface area contributed by atoms with Gasteiger partial charge in [-0.05, 0) is 48.1 Å². The van der Waals surface area contributed by atoms with Crippen molar-refractivity contribution in [2.45, 2.75) is 43.9 Å². The number of carboxylic acid groups (broad SMARTS) is 1. The molecule has 1 aliphatic rings. The molecule has 1 aliphatic carbocycles. The maximum atomic E-state index is 13.1. The molecule has 8 nitrogen and oxygen atoms in total. The molecule has 0 amide bonds. The quantitative estimate of drug-likeness (QED) is 0.215. The molecule has 1 atom stereocenters. The Balaban J connectivity index is 1.20. The highest BCUT2D eigenvalue weighted by Gasteiger charge is 2.51. The summed E-state index contributed by atoms with van der Waals surface area (Å²) in [5.74, 6) is -0.592. The van der Waals surface area contributed by atoms with Gasteiger partial charge in [0.1, 0.15) is 0 Å². The van der Waals surface area contributed by atoms with E-state index in [0.29, 0.717) is 41.0 Å². The molecule has 42 heavy (non-hydrogen) atoms. The summed E-state index contributed by atoms with van der Waals surface area (Å²) in [6.45, 7) is 1.66. The molecule has 1 unspecified atom stereocenters. The number of aryl methyl sites for hydroxylation is 1. The van der Waals surface area contributed by atoms with E-state index in [1.54, 1.807) is 6.92 Å². The highest BCUT2D eigenvalue weighted by atomic mass is 19.4. The van der Waals surface area contributed by atoms with Crippen molar-refractivity contribution < 1.29 is 37.1 Å².